The molecule has 1 unspecified atom stereocenters. The number of Topliss-reactive ketones (excluding diaryl/α,β-unsaturated/α-hetero) is 1. The van der Waals surface area contributed by atoms with Crippen molar-refractivity contribution in [2.24, 2.45) is 5.41 Å². The fourth-order valence-electron chi connectivity index (χ4n) is 1.61. The quantitative estimate of drug-likeness (QED) is 0.588. The first-order valence-corrected chi connectivity index (χ1v) is 6.69. The summed E-state index contributed by atoms with van der Waals surface area (Å²) in [6.07, 6.45) is 0.334. The van der Waals surface area contributed by atoms with E-state index in [2.05, 4.69) is 0 Å². The summed E-state index contributed by atoms with van der Waals surface area (Å²) in [7, 11) is 2.57. The Morgan fingerprint density at radius 2 is 1.94 bits per heavy atom. The van der Waals surface area contributed by atoms with Gasteiger partial charge in [0.1, 0.15) is 11.5 Å². The second-order valence-corrected chi connectivity index (χ2v) is 5.24. The third kappa shape index (κ3) is 3.08. The summed E-state index contributed by atoms with van der Waals surface area (Å²) in [6.45, 7) is 3.56. The topological polar surface area (TPSA) is 52.6 Å². The van der Waals surface area contributed by atoms with Crippen molar-refractivity contribution in [1.82, 2.24) is 0 Å². The molecular weight excluding hydrogens is 251 g/mol. The van der Waals surface area contributed by atoms with Crippen molar-refractivity contribution in [1.29, 1.82) is 0 Å². The number of carbonyl (C=O) groups is 1. The molecule has 0 aliphatic rings. The van der Waals surface area contributed by atoms with Crippen LogP contribution in [0.25, 0.3) is 0 Å². The van der Waals surface area contributed by atoms with Crippen molar-refractivity contribution in [3.63, 3.8) is 0 Å². The van der Waals surface area contributed by atoms with Gasteiger partial charge < -0.3 is 9.47 Å². The van der Waals surface area contributed by atoms with E-state index in [9.17, 15) is 9.36 Å². The maximum Gasteiger partial charge on any atom is 0.325 e. The zero-order valence-electron chi connectivity index (χ0n) is 11.1. The Labute approximate surface area is 108 Å². The lowest BCUT2D eigenvalue weighted by Gasteiger charge is -2.18. The Balaban J connectivity index is 3.16. The Hall–Kier alpha value is -1.41. The van der Waals surface area contributed by atoms with Gasteiger partial charge in [0, 0.05) is 6.07 Å². The van der Waals surface area contributed by atoms with Crippen LogP contribution in [-0.2, 0) is 4.57 Å². The van der Waals surface area contributed by atoms with Crippen molar-refractivity contribution in [3.8, 4) is 11.5 Å². The Kier molecular flexibility index (Phi) is 4.85. The number of methoxy groups -OCH3 is 2. The molecule has 0 amide bonds. The molecule has 1 aromatic rings. The Morgan fingerprint density at radius 3 is 2.44 bits per heavy atom. The summed E-state index contributed by atoms with van der Waals surface area (Å²) in [4.78, 5) is 12.4. The highest BCUT2D eigenvalue weighted by Crippen LogP contribution is 2.32. The summed E-state index contributed by atoms with van der Waals surface area (Å²) < 4.78 is 21.1. The molecule has 0 saturated heterocycles. The first kappa shape index (κ1) is 14.7. The minimum atomic E-state index is -0.665. The molecule has 0 fully saturated rings. The maximum absolute atomic E-state index is 12.4. The van der Waals surface area contributed by atoms with Crippen LogP contribution in [-0.4, -0.2) is 26.2 Å². The van der Waals surface area contributed by atoms with E-state index in [1.807, 2.05) is 0 Å². The van der Waals surface area contributed by atoms with Gasteiger partial charge in [0.2, 0.25) is 0 Å². The highest BCUT2D eigenvalue weighted by molar-refractivity contribution is 7.23. The van der Waals surface area contributed by atoms with E-state index in [1.54, 1.807) is 39.2 Å². The maximum atomic E-state index is 12.4. The molecule has 0 aliphatic carbocycles. The minimum absolute atomic E-state index is 0.0784. The van der Waals surface area contributed by atoms with Crippen LogP contribution in [0.4, 0.5) is 0 Å². The molecular formula is C13H18O4P+. The number of benzene rings is 1. The molecule has 98 valence electrons. The van der Waals surface area contributed by atoms with Crippen molar-refractivity contribution >= 4 is 14.2 Å². The van der Waals surface area contributed by atoms with Crippen LogP contribution in [0.5, 0.6) is 11.5 Å². The summed E-state index contributed by atoms with van der Waals surface area (Å²) in [5.74, 6) is 1.03. The predicted octanol–water partition coefficient (Wildman–Crippen LogP) is 2.94. The normalized spacial score (nSPS) is 11.3. The Bertz CT molecular complexity index is 454. The molecule has 0 saturated carbocycles. The average Bonchev–Trinajstić information content (AvgIpc) is 2.37. The number of ether oxygens (including phenoxy) is 2. The third-order valence-corrected chi connectivity index (χ3v) is 3.81. The molecule has 1 rings (SSSR count). The minimum Gasteiger partial charge on any atom is -0.497 e. The molecule has 0 N–H and O–H groups in total. The van der Waals surface area contributed by atoms with E-state index in [-0.39, 0.29) is 5.78 Å². The zero-order valence-corrected chi connectivity index (χ0v) is 12.1. The third-order valence-electron chi connectivity index (χ3n) is 2.78. The molecule has 5 heteroatoms. The number of hydrogen-bond acceptors (Lipinski definition) is 4. The largest absolute Gasteiger partial charge is 0.497 e. The standard InChI is InChI=1S/C13H17O4P/c1-13(2,8-18-15)12(14)10-6-5-9(16-3)7-11(10)17-4/h5-7H,8H2,1-4H3/p+1. The number of carbonyl (C=O) groups excluding carboxylic acids is 1. The second kappa shape index (κ2) is 5.96. The van der Waals surface area contributed by atoms with Gasteiger partial charge in [-0.15, -0.1) is 0 Å². The smallest absolute Gasteiger partial charge is 0.325 e. The first-order chi connectivity index (χ1) is 8.46. The van der Waals surface area contributed by atoms with Crippen molar-refractivity contribution in [3.05, 3.63) is 23.8 Å². The lowest BCUT2D eigenvalue weighted by Crippen LogP contribution is -2.26. The van der Waals surface area contributed by atoms with E-state index < -0.39 is 13.9 Å². The van der Waals surface area contributed by atoms with E-state index in [0.717, 1.165) is 0 Å². The van der Waals surface area contributed by atoms with Gasteiger partial charge in [-0.2, -0.15) is 0 Å². The molecule has 0 radical (unpaired) electrons. The van der Waals surface area contributed by atoms with Crippen LogP contribution >= 0.6 is 8.46 Å². The van der Waals surface area contributed by atoms with Gasteiger partial charge >= 0.3 is 8.46 Å². The van der Waals surface area contributed by atoms with Gasteiger partial charge in [0.25, 0.3) is 0 Å². The van der Waals surface area contributed by atoms with Crippen LogP contribution < -0.4 is 9.47 Å². The number of hydrogen-bond donors (Lipinski definition) is 0. The molecule has 18 heavy (non-hydrogen) atoms. The SMILES string of the molecule is COc1ccc(C(=O)C(C)(C)C[PH+]=O)c(OC)c1. The lowest BCUT2D eigenvalue weighted by atomic mass is 9.86. The van der Waals surface area contributed by atoms with Gasteiger partial charge in [-0.05, 0) is 26.0 Å². The van der Waals surface area contributed by atoms with Crippen LogP contribution in [0, 0.1) is 5.41 Å². The fourth-order valence-corrected chi connectivity index (χ4v) is 2.13. The number of ketones is 1. The monoisotopic (exact) mass is 269 g/mol. The lowest BCUT2D eigenvalue weighted by molar-refractivity contribution is 0.0859. The van der Waals surface area contributed by atoms with Crippen molar-refractivity contribution < 1.29 is 18.8 Å². The van der Waals surface area contributed by atoms with Crippen LogP contribution in [0.3, 0.4) is 0 Å². The summed E-state index contributed by atoms with van der Waals surface area (Å²) in [6, 6.07) is 5.06. The van der Waals surface area contributed by atoms with Gasteiger partial charge in [-0.3, -0.25) is 4.79 Å². The van der Waals surface area contributed by atoms with E-state index in [1.165, 1.54) is 7.11 Å². The van der Waals surface area contributed by atoms with Gasteiger partial charge in [-0.25, -0.2) is 0 Å². The average molecular weight is 269 g/mol. The molecule has 1 aromatic carbocycles. The van der Waals surface area contributed by atoms with Gasteiger partial charge in [0.15, 0.2) is 11.9 Å². The summed E-state index contributed by atoms with van der Waals surface area (Å²) in [5, 5.41) is 0. The van der Waals surface area contributed by atoms with Gasteiger partial charge in [-0.1, -0.05) is 4.57 Å². The molecule has 4 nitrogen and oxygen atoms in total. The fraction of sp³-hybridized carbons (Fsp3) is 0.462. The van der Waals surface area contributed by atoms with Crippen molar-refractivity contribution in [2.45, 2.75) is 13.8 Å². The molecule has 0 aliphatic heterocycles. The first-order valence-electron chi connectivity index (χ1n) is 5.58. The molecule has 0 aromatic heterocycles. The molecule has 0 bridgehead atoms. The second-order valence-electron chi connectivity index (χ2n) is 4.60. The highest BCUT2D eigenvalue weighted by atomic mass is 31.1. The van der Waals surface area contributed by atoms with Gasteiger partial charge in [0.05, 0.1) is 25.2 Å². The van der Waals surface area contributed by atoms with E-state index >= 15 is 0 Å². The van der Waals surface area contributed by atoms with Crippen molar-refractivity contribution in [2.75, 3.05) is 20.4 Å². The molecule has 0 spiro atoms. The van der Waals surface area contributed by atoms with Crippen LogP contribution in [0.15, 0.2) is 18.2 Å². The number of rotatable bonds is 6. The summed E-state index contributed by atoms with van der Waals surface area (Å²) >= 11 is 0. The highest BCUT2D eigenvalue weighted by Gasteiger charge is 2.33. The Morgan fingerprint density at radius 1 is 1.28 bits per heavy atom. The van der Waals surface area contributed by atoms with E-state index in [0.29, 0.717) is 23.2 Å². The van der Waals surface area contributed by atoms with Crippen LogP contribution in [0.1, 0.15) is 24.2 Å². The summed E-state index contributed by atoms with van der Waals surface area (Å²) in [5.41, 5.74) is -0.177. The van der Waals surface area contributed by atoms with Crippen LogP contribution in [0.2, 0.25) is 0 Å². The van der Waals surface area contributed by atoms with E-state index in [4.69, 9.17) is 9.47 Å². The zero-order chi connectivity index (χ0) is 13.8. The molecule has 1 atom stereocenters. The molecule has 0 heterocycles. The predicted molar refractivity (Wildman–Crippen MR) is 71.5 cm³/mol.